The molecular weight excluding hydrogens is 408 g/mol. The third-order valence-electron chi connectivity index (χ3n) is 3.68. The van der Waals surface area contributed by atoms with E-state index in [1.54, 1.807) is 0 Å². The van der Waals surface area contributed by atoms with E-state index in [9.17, 15) is 21.6 Å². The summed E-state index contributed by atoms with van der Waals surface area (Å²) in [5.41, 5.74) is 0.121. The van der Waals surface area contributed by atoms with E-state index in [-0.39, 0.29) is 16.8 Å². The van der Waals surface area contributed by atoms with Gasteiger partial charge in [-0.25, -0.2) is 21.1 Å². The van der Waals surface area contributed by atoms with Crippen molar-refractivity contribution >= 4 is 43.3 Å². The van der Waals surface area contributed by atoms with E-state index in [2.05, 4.69) is 4.72 Å². The number of nitrogens with one attached hydrogen (secondary N) is 1. The fourth-order valence-electron chi connectivity index (χ4n) is 2.50. The molecule has 0 radical (unpaired) electrons. The number of carboxylic acids is 1. The summed E-state index contributed by atoms with van der Waals surface area (Å²) >= 11 is 6.10. The minimum Gasteiger partial charge on any atom is -0.489 e. The van der Waals surface area contributed by atoms with Crippen LogP contribution in [0, 0.1) is 0 Å². The number of hydrogen-bond acceptors (Lipinski definition) is 6. The third kappa shape index (κ3) is 6.01. The molecule has 0 saturated carbocycles. The molecule has 0 aliphatic carbocycles. The number of sulfonamides is 2. The number of halogens is 1. The molecule has 0 unspecified atom stereocenters. The maximum atomic E-state index is 11.6. The normalized spacial score (nSPS) is 17.0. The highest BCUT2D eigenvalue weighted by atomic mass is 35.5. The first-order valence-corrected chi connectivity index (χ1v) is 11.5. The zero-order valence-corrected chi connectivity index (χ0v) is 16.3. The molecule has 0 bridgehead atoms. The van der Waals surface area contributed by atoms with E-state index in [1.165, 1.54) is 22.5 Å². The molecule has 1 aliphatic rings. The van der Waals surface area contributed by atoms with Gasteiger partial charge < -0.3 is 9.84 Å². The maximum absolute atomic E-state index is 11.6. The van der Waals surface area contributed by atoms with Gasteiger partial charge in [-0.05, 0) is 31.0 Å². The van der Waals surface area contributed by atoms with E-state index in [0.717, 1.165) is 6.26 Å². The van der Waals surface area contributed by atoms with Crippen LogP contribution in [-0.4, -0.2) is 63.4 Å². The first-order valence-electron chi connectivity index (χ1n) is 7.60. The lowest BCUT2D eigenvalue weighted by Gasteiger charge is -2.30. The number of ether oxygens (including phenoxy) is 1. The highest BCUT2D eigenvalue weighted by Crippen LogP contribution is 2.30. The number of carbonyl (C=O) groups is 1. The van der Waals surface area contributed by atoms with Crippen molar-refractivity contribution < 1.29 is 31.5 Å². The van der Waals surface area contributed by atoms with Crippen molar-refractivity contribution in [1.82, 2.24) is 4.31 Å². The quantitative estimate of drug-likeness (QED) is 0.664. The van der Waals surface area contributed by atoms with Gasteiger partial charge in [-0.2, -0.15) is 0 Å². The lowest BCUT2D eigenvalue weighted by molar-refractivity contribution is -0.134. The molecule has 0 aromatic heterocycles. The maximum Gasteiger partial charge on any atom is 0.320 e. The first-order chi connectivity index (χ1) is 12.0. The topological polar surface area (TPSA) is 130 Å². The summed E-state index contributed by atoms with van der Waals surface area (Å²) in [4.78, 5) is 10.5. The van der Waals surface area contributed by atoms with Crippen molar-refractivity contribution in [2.24, 2.45) is 0 Å². The molecule has 1 saturated heterocycles. The average molecular weight is 427 g/mol. The predicted molar refractivity (Wildman–Crippen MR) is 96.6 cm³/mol. The van der Waals surface area contributed by atoms with E-state index in [1.807, 2.05) is 0 Å². The minimum atomic E-state index is -4.02. The van der Waals surface area contributed by atoms with E-state index >= 15 is 0 Å². The van der Waals surface area contributed by atoms with Gasteiger partial charge in [0.05, 0.1) is 17.0 Å². The number of nitrogens with zero attached hydrogens (tertiary/aromatic N) is 1. The number of carboxylic acid groups (broad SMARTS) is 1. The number of piperidine rings is 1. The van der Waals surface area contributed by atoms with Gasteiger partial charge in [0.2, 0.25) is 20.0 Å². The van der Waals surface area contributed by atoms with Gasteiger partial charge in [-0.3, -0.25) is 9.52 Å². The molecule has 1 aromatic rings. The summed E-state index contributed by atoms with van der Waals surface area (Å²) in [6.45, 7) is 0.711. The molecule has 1 aliphatic heterocycles. The van der Waals surface area contributed by atoms with Gasteiger partial charge in [0, 0.05) is 13.1 Å². The molecule has 1 fully saturated rings. The second kappa shape index (κ2) is 7.99. The van der Waals surface area contributed by atoms with Crippen LogP contribution in [0.15, 0.2) is 18.2 Å². The van der Waals surface area contributed by atoms with Crippen LogP contribution in [0.4, 0.5) is 5.69 Å². The van der Waals surface area contributed by atoms with Crippen LogP contribution >= 0.6 is 11.6 Å². The lowest BCUT2D eigenvalue weighted by atomic mass is 10.1. The summed E-state index contributed by atoms with van der Waals surface area (Å²) in [7, 11) is -7.24. The highest BCUT2D eigenvalue weighted by molar-refractivity contribution is 7.93. The van der Waals surface area contributed by atoms with Crippen molar-refractivity contribution in [3.63, 3.8) is 0 Å². The molecule has 146 valence electrons. The Kier molecular flexibility index (Phi) is 6.37. The van der Waals surface area contributed by atoms with Crippen molar-refractivity contribution in [1.29, 1.82) is 0 Å². The largest absolute Gasteiger partial charge is 0.489 e. The molecule has 12 heteroatoms. The second-order valence-corrected chi connectivity index (χ2v) is 9.99. The number of aliphatic carboxylic acids is 1. The fourth-order valence-corrected chi connectivity index (χ4v) is 4.48. The molecule has 2 rings (SSSR count). The molecule has 1 heterocycles. The van der Waals surface area contributed by atoms with Crippen LogP contribution in [0.5, 0.6) is 5.75 Å². The molecule has 1 aromatic carbocycles. The SMILES string of the molecule is CS(=O)(=O)N1CCC(Oc2ccc(NS(=O)(=O)CC(=O)O)cc2Cl)CC1. The van der Waals surface area contributed by atoms with Crippen LogP contribution in [0.1, 0.15) is 12.8 Å². The van der Waals surface area contributed by atoms with Crippen LogP contribution in [0.2, 0.25) is 5.02 Å². The van der Waals surface area contributed by atoms with Gasteiger partial charge in [0.25, 0.3) is 0 Å². The van der Waals surface area contributed by atoms with Crippen LogP contribution in [-0.2, 0) is 24.8 Å². The van der Waals surface area contributed by atoms with Crippen LogP contribution in [0.3, 0.4) is 0 Å². The number of benzene rings is 1. The Morgan fingerprint density at radius 1 is 1.31 bits per heavy atom. The summed E-state index contributed by atoms with van der Waals surface area (Å²) < 4.78 is 55.5. The molecule has 9 nitrogen and oxygen atoms in total. The summed E-state index contributed by atoms with van der Waals surface area (Å²) in [5, 5.41) is 8.73. The molecule has 2 N–H and O–H groups in total. The summed E-state index contributed by atoms with van der Waals surface area (Å²) in [6, 6.07) is 4.21. The van der Waals surface area contributed by atoms with Gasteiger partial charge in [0.15, 0.2) is 5.75 Å². The van der Waals surface area contributed by atoms with Gasteiger partial charge >= 0.3 is 5.97 Å². The molecule has 0 amide bonds. The number of anilines is 1. The lowest BCUT2D eigenvalue weighted by Crippen LogP contribution is -2.41. The molecule has 0 spiro atoms. The van der Waals surface area contributed by atoms with Crippen molar-refractivity contribution in [2.75, 3.05) is 29.8 Å². The van der Waals surface area contributed by atoms with Crippen molar-refractivity contribution in [3.05, 3.63) is 23.2 Å². The zero-order chi connectivity index (χ0) is 19.5. The standard InChI is InChI=1S/C14H19ClN2O7S2/c1-25(20,21)17-6-4-11(5-7-17)24-13-3-2-10(8-12(13)15)16-26(22,23)9-14(18)19/h2-3,8,11,16H,4-7,9H2,1H3,(H,18,19). The van der Waals surface area contributed by atoms with E-state index < -0.39 is 31.8 Å². The summed E-state index contributed by atoms with van der Waals surface area (Å²) in [6.07, 6.45) is 1.97. The van der Waals surface area contributed by atoms with Gasteiger partial charge in [-0.1, -0.05) is 11.6 Å². The second-order valence-electron chi connectivity index (χ2n) is 5.88. The van der Waals surface area contributed by atoms with Gasteiger partial charge in [0.1, 0.15) is 11.9 Å². The molecule has 0 atom stereocenters. The summed E-state index contributed by atoms with van der Waals surface area (Å²) in [5.74, 6) is -2.18. The number of rotatable bonds is 7. The Morgan fingerprint density at radius 2 is 1.92 bits per heavy atom. The first kappa shape index (κ1) is 20.7. The smallest absolute Gasteiger partial charge is 0.320 e. The third-order valence-corrected chi connectivity index (χ3v) is 6.45. The Labute approximate surface area is 157 Å². The van der Waals surface area contributed by atoms with Crippen LogP contribution in [0.25, 0.3) is 0 Å². The molecule has 26 heavy (non-hydrogen) atoms. The Balaban J connectivity index is 1.99. The highest BCUT2D eigenvalue weighted by Gasteiger charge is 2.26. The monoisotopic (exact) mass is 426 g/mol. The van der Waals surface area contributed by atoms with Crippen molar-refractivity contribution in [2.45, 2.75) is 18.9 Å². The average Bonchev–Trinajstić information content (AvgIpc) is 2.48. The minimum absolute atomic E-state index is 0.121. The van der Waals surface area contributed by atoms with Crippen LogP contribution < -0.4 is 9.46 Å². The van der Waals surface area contributed by atoms with E-state index in [0.29, 0.717) is 31.7 Å². The Morgan fingerprint density at radius 3 is 2.42 bits per heavy atom. The Bertz CT molecular complexity index is 879. The fraction of sp³-hybridized carbons (Fsp3) is 0.500. The van der Waals surface area contributed by atoms with Gasteiger partial charge in [-0.15, -0.1) is 0 Å². The van der Waals surface area contributed by atoms with E-state index in [4.69, 9.17) is 21.4 Å². The number of hydrogen-bond donors (Lipinski definition) is 2. The zero-order valence-electron chi connectivity index (χ0n) is 13.9. The molecular formula is C14H19ClN2O7S2. The predicted octanol–water partition coefficient (Wildman–Crippen LogP) is 0.969. The van der Waals surface area contributed by atoms with Crippen molar-refractivity contribution in [3.8, 4) is 5.75 Å². The Hall–Kier alpha value is -1.56.